The minimum Gasteiger partial charge on any atom is -0.608 e. The molecule has 3 aliphatic rings. The van der Waals surface area contributed by atoms with Gasteiger partial charge in [-0.1, -0.05) is 6.07 Å². The Labute approximate surface area is 198 Å². The zero-order valence-electron chi connectivity index (χ0n) is 19.2. The Bertz CT molecular complexity index is 1240. The van der Waals surface area contributed by atoms with Gasteiger partial charge >= 0.3 is 16.2 Å². The standard InChI is InChI=1S/C22H28N6O5S/c1-25-12-16(10-20(25)29)27(17-11-23-26(2)13-17)34(32,33)28(31)22(30)24-21-18-7-3-5-14(18)9-15-6-4-8-19(15)21/h9,11,13,16,28H,3-8,10,12H2,1-2H3,(H,24,30). The highest BCUT2D eigenvalue weighted by Gasteiger charge is 2.44. The number of anilines is 2. The lowest BCUT2D eigenvalue weighted by molar-refractivity contribution is -0.604. The Hall–Kier alpha value is -2.96. The van der Waals surface area contributed by atoms with Gasteiger partial charge in [0.2, 0.25) is 5.91 Å². The molecule has 0 radical (unpaired) electrons. The lowest BCUT2D eigenvalue weighted by Gasteiger charge is -2.31. The van der Waals surface area contributed by atoms with E-state index < -0.39 is 26.8 Å². The molecule has 0 saturated carbocycles. The van der Waals surface area contributed by atoms with Gasteiger partial charge in [0.1, 0.15) is 0 Å². The molecule has 2 N–H and O–H groups in total. The number of urea groups is 1. The van der Waals surface area contributed by atoms with Gasteiger partial charge < -0.3 is 10.1 Å². The highest BCUT2D eigenvalue weighted by Crippen LogP contribution is 2.38. The molecular formula is C22H28N6O5S. The number of nitrogens with one attached hydrogen (secondary N) is 2. The van der Waals surface area contributed by atoms with E-state index in [1.807, 2.05) is 0 Å². The second-order valence-corrected chi connectivity index (χ2v) is 11.0. The molecule has 0 spiro atoms. The van der Waals surface area contributed by atoms with Crippen LogP contribution in [0.4, 0.5) is 16.2 Å². The zero-order valence-corrected chi connectivity index (χ0v) is 20.0. The summed E-state index contributed by atoms with van der Waals surface area (Å²) in [6, 6.07) is 0.200. The van der Waals surface area contributed by atoms with E-state index in [4.69, 9.17) is 0 Å². The number of likely N-dealkylation sites (tertiary alicyclic amines) is 1. The van der Waals surface area contributed by atoms with E-state index in [0.717, 1.165) is 65.1 Å². The number of likely N-dealkylation sites (N-methyl/N-ethyl adjacent to an activating group) is 1. The van der Waals surface area contributed by atoms with E-state index in [1.54, 1.807) is 14.1 Å². The van der Waals surface area contributed by atoms with Crippen molar-refractivity contribution in [3.63, 3.8) is 0 Å². The summed E-state index contributed by atoms with van der Waals surface area (Å²) in [5.74, 6) is -0.235. The van der Waals surface area contributed by atoms with Crippen molar-refractivity contribution < 1.29 is 22.5 Å². The first-order chi connectivity index (χ1) is 16.2. The van der Waals surface area contributed by atoms with Crippen LogP contribution in [0.3, 0.4) is 0 Å². The number of hydrogen-bond acceptors (Lipinski definition) is 6. The molecule has 34 heavy (non-hydrogen) atoms. The molecule has 1 aromatic heterocycles. The topological polar surface area (TPSA) is 132 Å². The van der Waals surface area contributed by atoms with Gasteiger partial charge in [-0.05, 0) is 60.8 Å². The van der Waals surface area contributed by atoms with Gasteiger partial charge in [-0.3, -0.25) is 14.8 Å². The van der Waals surface area contributed by atoms with Crippen LogP contribution in [-0.2, 0) is 47.7 Å². The van der Waals surface area contributed by atoms with Crippen molar-refractivity contribution >= 4 is 33.5 Å². The molecule has 3 amide bonds. The van der Waals surface area contributed by atoms with E-state index >= 15 is 0 Å². The Morgan fingerprint density at radius 1 is 1.18 bits per heavy atom. The minimum absolute atomic E-state index is 0.0841. The molecule has 2 aliphatic carbocycles. The summed E-state index contributed by atoms with van der Waals surface area (Å²) in [6.45, 7) is 0.113. The summed E-state index contributed by atoms with van der Waals surface area (Å²) in [7, 11) is -1.58. The van der Waals surface area contributed by atoms with Gasteiger partial charge in [0, 0.05) is 26.8 Å². The van der Waals surface area contributed by atoms with Crippen LogP contribution in [0.2, 0.25) is 0 Å². The number of carbonyl (C=O) groups excluding carboxylic acids is 2. The van der Waals surface area contributed by atoms with Crippen LogP contribution in [-0.4, -0.2) is 54.7 Å². The Morgan fingerprint density at radius 3 is 2.35 bits per heavy atom. The Kier molecular flexibility index (Phi) is 5.61. The number of rotatable bonds is 5. The van der Waals surface area contributed by atoms with Crippen LogP contribution >= 0.6 is 0 Å². The number of aromatic nitrogens is 2. The van der Waals surface area contributed by atoms with Gasteiger partial charge in [0.05, 0.1) is 30.0 Å². The summed E-state index contributed by atoms with van der Waals surface area (Å²) in [5, 5.41) is 19.8. The van der Waals surface area contributed by atoms with E-state index in [-0.39, 0.29) is 24.6 Å². The molecule has 1 aromatic carbocycles. The number of quaternary nitrogens is 1. The molecule has 0 bridgehead atoms. The quantitative estimate of drug-likeness (QED) is 0.582. The minimum atomic E-state index is -4.77. The SMILES string of the molecule is CN1CC(N(c2cnn(C)c2)S(=O)(=O)[NH+]([O-])C(=O)Nc2c3c(cc4c2CCC4)CCC3)CC1=O. The van der Waals surface area contributed by atoms with Crippen LogP contribution < -0.4 is 14.1 Å². The average molecular weight is 489 g/mol. The number of nitrogens with zero attached hydrogens (tertiary/aromatic N) is 4. The summed E-state index contributed by atoms with van der Waals surface area (Å²) >= 11 is 0. The van der Waals surface area contributed by atoms with Gasteiger partial charge in [-0.25, -0.2) is 9.10 Å². The third-order valence-corrected chi connectivity index (χ3v) is 8.67. The molecule has 5 rings (SSSR count). The van der Waals surface area contributed by atoms with Crippen molar-refractivity contribution in [3.8, 4) is 0 Å². The summed E-state index contributed by atoms with van der Waals surface area (Å²) in [6.07, 6.45) is 8.00. The normalized spacial score (nSPS) is 20.4. The number of hydrogen-bond donors (Lipinski definition) is 2. The first kappa shape index (κ1) is 22.8. The summed E-state index contributed by atoms with van der Waals surface area (Å²) < 4.78 is 27.7. The van der Waals surface area contributed by atoms with Crippen molar-refractivity contribution in [1.82, 2.24) is 14.7 Å². The number of fused-ring (bicyclic) bond motifs is 2. The van der Waals surface area contributed by atoms with Crippen molar-refractivity contribution in [1.29, 1.82) is 0 Å². The van der Waals surface area contributed by atoms with Crippen molar-refractivity contribution in [3.05, 3.63) is 45.9 Å². The second kappa shape index (κ2) is 8.36. The fourth-order valence-electron chi connectivity index (χ4n) is 5.40. The van der Waals surface area contributed by atoms with Crippen molar-refractivity contribution in [2.45, 2.75) is 51.0 Å². The second-order valence-electron chi connectivity index (χ2n) is 9.28. The van der Waals surface area contributed by atoms with Gasteiger partial charge in [-0.2, -0.15) is 18.0 Å². The third-order valence-electron chi connectivity index (χ3n) is 6.99. The molecule has 11 nitrogen and oxygen atoms in total. The number of benzene rings is 1. The zero-order chi connectivity index (χ0) is 24.2. The maximum atomic E-state index is 13.5. The fraction of sp³-hybridized carbons (Fsp3) is 0.500. The number of hydroxylamine groups is 1. The number of carbonyl (C=O) groups is 2. The molecule has 182 valence electrons. The Balaban J connectivity index is 1.47. The first-order valence-corrected chi connectivity index (χ1v) is 12.9. The molecule has 2 aromatic rings. The van der Waals surface area contributed by atoms with E-state index in [1.165, 1.54) is 22.0 Å². The first-order valence-electron chi connectivity index (χ1n) is 11.5. The van der Waals surface area contributed by atoms with Crippen LogP contribution in [0.5, 0.6) is 0 Å². The summed E-state index contributed by atoms with van der Waals surface area (Å²) in [4.78, 5) is 26.6. The fourth-order valence-corrected chi connectivity index (χ4v) is 6.77. The number of aryl methyl sites for hydroxylation is 3. The number of amides is 3. The molecule has 12 heteroatoms. The molecule has 1 saturated heterocycles. The van der Waals surface area contributed by atoms with E-state index in [0.29, 0.717) is 5.69 Å². The van der Waals surface area contributed by atoms with Gasteiger partial charge in [-0.15, -0.1) is 0 Å². The highest BCUT2D eigenvalue weighted by atomic mass is 32.2. The maximum absolute atomic E-state index is 13.5. The molecule has 2 unspecified atom stereocenters. The van der Waals surface area contributed by atoms with E-state index in [2.05, 4.69) is 16.5 Å². The smallest absolute Gasteiger partial charge is 0.436 e. The van der Waals surface area contributed by atoms with Gasteiger partial charge in [0.25, 0.3) is 0 Å². The predicted octanol–water partition coefficient (Wildman–Crippen LogP) is 0.294. The van der Waals surface area contributed by atoms with Gasteiger partial charge in [0.15, 0.2) is 0 Å². The van der Waals surface area contributed by atoms with Crippen molar-refractivity contribution in [2.75, 3.05) is 23.2 Å². The summed E-state index contributed by atoms with van der Waals surface area (Å²) in [5.41, 5.74) is 5.09. The van der Waals surface area contributed by atoms with Crippen LogP contribution in [0, 0.1) is 5.21 Å². The van der Waals surface area contributed by atoms with Crippen LogP contribution in [0.15, 0.2) is 18.5 Å². The molecule has 1 aliphatic heterocycles. The molecule has 2 heterocycles. The van der Waals surface area contributed by atoms with Crippen LogP contribution in [0.25, 0.3) is 0 Å². The lowest BCUT2D eigenvalue weighted by atomic mass is 9.99. The molecule has 2 atom stereocenters. The predicted molar refractivity (Wildman–Crippen MR) is 124 cm³/mol. The van der Waals surface area contributed by atoms with E-state index in [9.17, 15) is 23.2 Å². The largest absolute Gasteiger partial charge is 0.608 e. The Morgan fingerprint density at radius 2 is 1.82 bits per heavy atom. The molecular weight excluding hydrogens is 460 g/mol. The third kappa shape index (κ3) is 3.75. The highest BCUT2D eigenvalue weighted by molar-refractivity contribution is 7.86. The monoisotopic (exact) mass is 488 g/mol. The lowest BCUT2D eigenvalue weighted by Crippen LogP contribution is -3.14. The van der Waals surface area contributed by atoms with Crippen LogP contribution in [0.1, 0.15) is 41.5 Å². The van der Waals surface area contributed by atoms with Crippen molar-refractivity contribution in [2.24, 2.45) is 7.05 Å². The molecule has 1 fully saturated rings. The maximum Gasteiger partial charge on any atom is 0.436 e. The average Bonchev–Trinajstić information content (AvgIpc) is 3.57.